The molecule has 10 heteroatoms. The topological polar surface area (TPSA) is 74.7 Å². The Kier molecular flexibility index (Phi) is 8.46. The van der Waals surface area contributed by atoms with Crippen molar-refractivity contribution in [1.29, 1.82) is 0 Å². The van der Waals surface area contributed by atoms with Crippen molar-refractivity contribution < 1.29 is 19.1 Å². The van der Waals surface area contributed by atoms with Crippen LogP contribution in [0.1, 0.15) is 35.7 Å². The molecule has 0 aromatic heterocycles. The Morgan fingerprint density at radius 3 is 1.93 bits per heavy atom. The van der Waals surface area contributed by atoms with Crippen LogP contribution in [0, 0.1) is 0 Å². The molecular formula is C30H30Br2N4O4. The van der Waals surface area contributed by atoms with E-state index >= 15 is 0 Å². The van der Waals surface area contributed by atoms with E-state index < -0.39 is 6.04 Å². The number of amides is 3. The van der Waals surface area contributed by atoms with Crippen LogP contribution in [0.2, 0.25) is 0 Å². The van der Waals surface area contributed by atoms with E-state index in [-0.39, 0.29) is 18.0 Å². The average Bonchev–Trinajstić information content (AvgIpc) is 3.37. The first-order valence-corrected chi connectivity index (χ1v) is 14.5. The maximum absolute atomic E-state index is 14.5. The number of piperazine rings is 1. The van der Waals surface area contributed by atoms with Crippen molar-refractivity contribution in [2.24, 2.45) is 4.99 Å². The summed E-state index contributed by atoms with van der Waals surface area (Å²) < 4.78 is 13.1. The van der Waals surface area contributed by atoms with Crippen LogP contribution in [-0.4, -0.2) is 72.9 Å². The molecule has 2 unspecified atom stereocenters. The van der Waals surface area contributed by atoms with Crippen molar-refractivity contribution in [1.82, 2.24) is 14.7 Å². The van der Waals surface area contributed by atoms with E-state index in [2.05, 4.69) is 31.9 Å². The molecule has 0 aliphatic carbocycles. The Bertz CT molecular complexity index is 1420. The number of benzene rings is 3. The highest BCUT2D eigenvalue weighted by Gasteiger charge is 2.45. The molecule has 0 bridgehead atoms. The Morgan fingerprint density at radius 2 is 1.38 bits per heavy atom. The molecule has 0 radical (unpaired) electrons. The monoisotopic (exact) mass is 668 g/mol. The number of amidine groups is 1. The zero-order chi connectivity index (χ0) is 28.4. The van der Waals surface area contributed by atoms with Gasteiger partial charge >= 0.3 is 6.03 Å². The number of rotatable bonds is 5. The lowest BCUT2D eigenvalue weighted by Gasteiger charge is -2.38. The second-order valence-electron chi connectivity index (χ2n) is 9.66. The van der Waals surface area contributed by atoms with Gasteiger partial charge in [-0.3, -0.25) is 14.7 Å². The number of hydrogen-bond donors (Lipinski definition) is 0. The van der Waals surface area contributed by atoms with Gasteiger partial charge in [-0.2, -0.15) is 0 Å². The van der Waals surface area contributed by atoms with E-state index in [1.807, 2.05) is 60.7 Å². The van der Waals surface area contributed by atoms with E-state index in [1.165, 1.54) is 0 Å². The molecule has 2 aliphatic rings. The smallest absolute Gasteiger partial charge is 0.326 e. The van der Waals surface area contributed by atoms with Crippen molar-refractivity contribution in [2.75, 3.05) is 40.4 Å². The van der Waals surface area contributed by atoms with Crippen LogP contribution in [0.15, 0.2) is 80.7 Å². The predicted molar refractivity (Wildman–Crippen MR) is 161 cm³/mol. The molecule has 3 aromatic rings. The zero-order valence-electron chi connectivity index (χ0n) is 22.5. The van der Waals surface area contributed by atoms with Gasteiger partial charge in [0.1, 0.15) is 23.4 Å². The molecular weight excluding hydrogens is 640 g/mol. The molecule has 40 heavy (non-hydrogen) atoms. The Balaban J connectivity index is 1.65. The SMILES string of the molecule is COc1ccc(C2=NC(c3ccc(Br)cc3)C(c3ccc(Br)cc3)N2C(=O)N2CCN(C(C)=O)CC2)c(OC)c1. The van der Waals surface area contributed by atoms with Gasteiger partial charge in [0, 0.05) is 48.1 Å². The van der Waals surface area contributed by atoms with Crippen LogP contribution >= 0.6 is 31.9 Å². The van der Waals surface area contributed by atoms with Gasteiger partial charge in [0.05, 0.1) is 25.8 Å². The molecule has 5 rings (SSSR count). The third kappa shape index (κ3) is 5.60. The van der Waals surface area contributed by atoms with E-state index in [0.29, 0.717) is 49.1 Å². The zero-order valence-corrected chi connectivity index (χ0v) is 25.7. The lowest BCUT2D eigenvalue weighted by atomic mass is 9.94. The number of halogens is 2. The van der Waals surface area contributed by atoms with Gasteiger partial charge in [0.2, 0.25) is 5.91 Å². The van der Waals surface area contributed by atoms with Gasteiger partial charge in [0.15, 0.2) is 0 Å². The summed E-state index contributed by atoms with van der Waals surface area (Å²) in [5.74, 6) is 1.75. The highest BCUT2D eigenvalue weighted by molar-refractivity contribution is 9.10. The largest absolute Gasteiger partial charge is 0.497 e. The molecule has 0 saturated carbocycles. The Morgan fingerprint density at radius 1 is 0.800 bits per heavy atom. The summed E-state index contributed by atoms with van der Waals surface area (Å²) in [4.78, 5) is 37.0. The normalized spacial score (nSPS) is 18.9. The van der Waals surface area contributed by atoms with Crippen LogP contribution < -0.4 is 9.47 Å². The molecule has 3 aromatic carbocycles. The number of urea groups is 1. The van der Waals surface area contributed by atoms with Crippen molar-refractivity contribution in [3.05, 3.63) is 92.4 Å². The molecule has 1 saturated heterocycles. The minimum Gasteiger partial charge on any atom is -0.497 e. The van der Waals surface area contributed by atoms with E-state index in [1.54, 1.807) is 41.9 Å². The first-order valence-electron chi connectivity index (χ1n) is 13.0. The molecule has 2 atom stereocenters. The standard InChI is InChI=1S/C30H30Br2N4O4/c1-19(37)34-14-16-35(17-15-34)30(38)36-28(21-6-10-23(32)11-7-21)27(20-4-8-22(31)9-5-20)33-29(36)25-13-12-24(39-2)18-26(25)40-3/h4-13,18,27-28H,14-17H2,1-3H3. The van der Waals surface area contributed by atoms with Crippen molar-refractivity contribution in [3.63, 3.8) is 0 Å². The molecule has 208 valence electrons. The first-order chi connectivity index (χ1) is 19.3. The second kappa shape index (κ2) is 12.0. The fraction of sp³-hybridized carbons (Fsp3) is 0.300. The second-order valence-corrected chi connectivity index (χ2v) is 11.5. The third-order valence-corrected chi connectivity index (χ3v) is 8.40. The van der Waals surface area contributed by atoms with Crippen molar-refractivity contribution in [2.45, 2.75) is 19.0 Å². The van der Waals surface area contributed by atoms with Crippen molar-refractivity contribution >= 4 is 49.6 Å². The van der Waals surface area contributed by atoms with Gasteiger partial charge < -0.3 is 19.3 Å². The van der Waals surface area contributed by atoms with Crippen LogP contribution in [0.5, 0.6) is 11.5 Å². The number of aliphatic imine (C=N–C) groups is 1. The van der Waals surface area contributed by atoms with Crippen molar-refractivity contribution in [3.8, 4) is 11.5 Å². The minimum absolute atomic E-state index is 0.0153. The highest BCUT2D eigenvalue weighted by Crippen LogP contribution is 2.45. The van der Waals surface area contributed by atoms with Crippen LogP contribution in [0.3, 0.4) is 0 Å². The fourth-order valence-corrected chi connectivity index (χ4v) is 5.73. The Hall–Kier alpha value is -3.37. The van der Waals surface area contributed by atoms with Gasteiger partial charge in [-0.25, -0.2) is 4.79 Å². The first kappa shape index (κ1) is 28.2. The van der Waals surface area contributed by atoms with Crippen LogP contribution in [-0.2, 0) is 4.79 Å². The number of ether oxygens (including phenoxy) is 2. The average molecular weight is 670 g/mol. The maximum atomic E-state index is 14.5. The summed E-state index contributed by atoms with van der Waals surface area (Å²) in [5.41, 5.74) is 2.64. The quantitative estimate of drug-likeness (QED) is 0.331. The molecule has 0 N–H and O–H groups in total. The molecule has 0 spiro atoms. The molecule has 1 fully saturated rings. The third-order valence-electron chi connectivity index (χ3n) is 7.34. The molecule has 8 nitrogen and oxygen atoms in total. The molecule has 3 amide bonds. The molecule has 2 aliphatic heterocycles. The van der Waals surface area contributed by atoms with Gasteiger partial charge in [0.25, 0.3) is 0 Å². The summed E-state index contributed by atoms with van der Waals surface area (Å²) in [7, 11) is 3.20. The summed E-state index contributed by atoms with van der Waals surface area (Å²) in [5, 5.41) is 0. The van der Waals surface area contributed by atoms with Crippen LogP contribution in [0.25, 0.3) is 0 Å². The predicted octanol–water partition coefficient (Wildman–Crippen LogP) is 6.06. The highest BCUT2D eigenvalue weighted by atomic mass is 79.9. The summed E-state index contributed by atoms with van der Waals surface area (Å²) >= 11 is 7.08. The number of nitrogens with zero attached hydrogens (tertiary/aromatic N) is 4. The van der Waals surface area contributed by atoms with E-state index in [9.17, 15) is 9.59 Å². The van der Waals surface area contributed by atoms with E-state index in [4.69, 9.17) is 14.5 Å². The number of methoxy groups -OCH3 is 2. The lowest BCUT2D eigenvalue weighted by Crippen LogP contribution is -2.54. The lowest BCUT2D eigenvalue weighted by molar-refractivity contribution is -0.130. The number of carbonyl (C=O) groups excluding carboxylic acids is 2. The summed E-state index contributed by atoms with van der Waals surface area (Å²) in [6.07, 6.45) is 0. The van der Waals surface area contributed by atoms with Gasteiger partial charge in [-0.05, 0) is 47.5 Å². The van der Waals surface area contributed by atoms with Gasteiger partial charge in [-0.1, -0.05) is 56.1 Å². The number of carbonyl (C=O) groups is 2. The summed E-state index contributed by atoms with van der Waals surface area (Å²) in [6, 6.07) is 20.7. The molecule has 2 heterocycles. The summed E-state index contributed by atoms with van der Waals surface area (Å²) in [6.45, 7) is 3.43. The maximum Gasteiger partial charge on any atom is 0.326 e. The minimum atomic E-state index is -0.408. The van der Waals surface area contributed by atoms with E-state index in [0.717, 1.165) is 20.1 Å². The fourth-order valence-electron chi connectivity index (χ4n) is 5.20. The Labute approximate surface area is 250 Å². The van der Waals surface area contributed by atoms with Gasteiger partial charge in [-0.15, -0.1) is 0 Å². The number of hydrogen-bond acceptors (Lipinski definition) is 5. The van der Waals surface area contributed by atoms with Crippen LogP contribution in [0.4, 0.5) is 4.79 Å².